The fourth-order valence-electron chi connectivity index (χ4n) is 3.80. The molecule has 1 aromatic heterocycles. The summed E-state index contributed by atoms with van der Waals surface area (Å²) in [5.74, 6) is 0.123. The minimum absolute atomic E-state index is 0.123. The molecule has 0 saturated carbocycles. The Morgan fingerprint density at radius 1 is 1.04 bits per heavy atom. The predicted molar refractivity (Wildman–Crippen MR) is 97.3 cm³/mol. The van der Waals surface area contributed by atoms with E-state index in [1.807, 2.05) is 22.6 Å². The largest absolute Gasteiger partial charge is 0.337 e. The Bertz CT molecular complexity index is 731. The molecule has 2 aromatic rings. The number of piperidine rings is 1. The van der Waals surface area contributed by atoms with Gasteiger partial charge in [0.05, 0.1) is 5.69 Å². The number of hydrogen-bond donors (Lipinski definition) is 0. The van der Waals surface area contributed by atoms with Gasteiger partial charge in [-0.15, -0.1) is 0 Å². The molecule has 4 nitrogen and oxygen atoms in total. The number of benzene rings is 1. The lowest BCUT2D eigenvalue weighted by Gasteiger charge is -2.26. The summed E-state index contributed by atoms with van der Waals surface area (Å²) in [4.78, 5) is 14.9. The SMILES string of the molecule is CCn1nc(-c2c(C)cc(C)cc2C)cc1C(=O)N1CCCCC1. The molecule has 1 aliphatic heterocycles. The molecule has 1 aliphatic rings. The van der Waals surface area contributed by atoms with Crippen LogP contribution < -0.4 is 0 Å². The van der Waals surface area contributed by atoms with E-state index in [1.165, 1.54) is 23.1 Å². The molecule has 0 atom stereocenters. The maximum atomic E-state index is 12.9. The molecule has 0 aliphatic carbocycles. The highest BCUT2D eigenvalue weighted by Crippen LogP contribution is 2.28. The van der Waals surface area contributed by atoms with E-state index in [2.05, 4.69) is 32.9 Å². The molecule has 24 heavy (non-hydrogen) atoms. The minimum atomic E-state index is 0.123. The molecule has 0 spiro atoms. The summed E-state index contributed by atoms with van der Waals surface area (Å²) < 4.78 is 1.85. The van der Waals surface area contributed by atoms with E-state index < -0.39 is 0 Å². The summed E-state index contributed by atoms with van der Waals surface area (Å²) in [5.41, 5.74) is 6.46. The molecule has 3 rings (SSSR count). The molecule has 1 fully saturated rings. The molecule has 0 radical (unpaired) electrons. The predicted octanol–water partition coefficient (Wildman–Crippen LogP) is 4.12. The van der Waals surface area contributed by atoms with Crippen molar-refractivity contribution in [3.63, 3.8) is 0 Å². The second-order valence-electron chi connectivity index (χ2n) is 6.86. The standard InChI is InChI=1S/C20H27N3O/c1-5-23-18(20(24)22-9-7-6-8-10-22)13-17(21-23)19-15(3)11-14(2)12-16(19)4/h11-13H,5-10H2,1-4H3. The van der Waals surface area contributed by atoms with Gasteiger partial charge < -0.3 is 4.90 Å². The first-order valence-corrected chi connectivity index (χ1v) is 8.96. The highest BCUT2D eigenvalue weighted by Gasteiger charge is 2.23. The summed E-state index contributed by atoms with van der Waals surface area (Å²) in [7, 11) is 0. The number of rotatable bonds is 3. The molecule has 0 N–H and O–H groups in total. The van der Waals surface area contributed by atoms with Crippen LogP contribution in [0, 0.1) is 20.8 Å². The normalized spacial score (nSPS) is 14.9. The van der Waals surface area contributed by atoms with Gasteiger partial charge in [-0.1, -0.05) is 17.7 Å². The van der Waals surface area contributed by atoms with E-state index >= 15 is 0 Å². The van der Waals surface area contributed by atoms with Crippen LogP contribution in [0.1, 0.15) is 53.4 Å². The van der Waals surface area contributed by atoms with E-state index in [1.54, 1.807) is 0 Å². The number of hydrogen-bond acceptors (Lipinski definition) is 2. The Kier molecular flexibility index (Phi) is 4.74. The molecule has 2 heterocycles. The van der Waals surface area contributed by atoms with Crippen molar-refractivity contribution in [2.24, 2.45) is 0 Å². The van der Waals surface area contributed by atoms with Gasteiger partial charge in [0.15, 0.2) is 0 Å². The van der Waals surface area contributed by atoms with Gasteiger partial charge in [0.1, 0.15) is 5.69 Å². The van der Waals surface area contributed by atoms with Crippen LogP contribution in [0.3, 0.4) is 0 Å². The number of likely N-dealkylation sites (tertiary alicyclic amines) is 1. The lowest BCUT2D eigenvalue weighted by Crippen LogP contribution is -2.36. The molecule has 1 aromatic carbocycles. The van der Waals surface area contributed by atoms with Crippen LogP contribution in [0.15, 0.2) is 18.2 Å². The zero-order chi connectivity index (χ0) is 17.3. The number of aryl methyl sites for hydroxylation is 4. The quantitative estimate of drug-likeness (QED) is 0.851. The molecular weight excluding hydrogens is 298 g/mol. The number of carbonyl (C=O) groups is 1. The van der Waals surface area contributed by atoms with Crippen molar-refractivity contribution < 1.29 is 4.79 Å². The third-order valence-electron chi connectivity index (χ3n) is 4.88. The maximum absolute atomic E-state index is 12.9. The number of carbonyl (C=O) groups excluding carboxylic acids is 1. The van der Waals surface area contributed by atoms with Crippen molar-refractivity contribution in [3.8, 4) is 11.3 Å². The zero-order valence-corrected chi connectivity index (χ0v) is 15.2. The van der Waals surface area contributed by atoms with Crippen molar-refractivity contribution in [1.82, 2.24) is 14.7 Å². The maximum Gasteiger partial charge on any atom is 0.272 e. The van der Waals surface area contributed by atoms with Crippen LogP contribution in [0.25, 0.3) is 11.3 Å². The van der Waals surface area contributed by atoms with Crippen molar-refractivity contribution in [2.75, 3.05) is 13.1 Å². The highest BCUT2D eigenvalue weighted by molar-refractivity contribution is 5.94. The first-order chi connectivity index (χ1) is 11.5. The summed E-state index contributed by atoms with van der Waals surface area (Å²) in [6.07, 6.45) is 3.44. The summed E-state index contributed by atoms with van der Waals surface area (Å²) in [6.45, 7) is 10.8. The van der Waals surface area contributed by atoms with Crippen molar-refractivity contribution in [3.05, 3.63) is 40.6 Å². The zero-order valence-electron chi connectivity index (χ0n) is 15.2. The monoisotopic (exact) mass is 325 g/mol. The van der Waals surface area contributed by atoms with Gasteiger partial charge >= 0.3 is 0 Å². The number of amides is 1. The smallest absolute Gasteiger partial charge is 0.272 e. The van der Waals surface area contributed by atoms with Gasteiger partial charge in [0.2, 0.25) is 0 Å². The average Bonchev–Trinajstić information content (AvgIpc) is 2.98. The fourth-order valence-corrected chi connectivity index (χ4v) is 3.80. The summed E-state index contributed by atoms with van der Waals surface area (Å²) >= 11 is 0. The topological polar surface area (TPSA) is 38.1 Å². The Morgan fingerprint density at radius 2 is 1.67 bits per heavy atom. The first kappa shape index (κ1) is 16.7. The lowest BCUT2D eigenvalue weighted by atomic mass is 9.97. The second-order valence-corrected chi connectivity index (χ2v) is 6.86. The van der Waals surface area contributed by atoms with Gasteiger partial charge in [0, 0.05) is 25.2 Å². The molecule has 128 valence electrons. The van der Waals surface area contributed by atoms with Gasteiger partial charge in [-0.25, -0.2) is 0 Å². The van der Waals surface area contributed by atoms with Crippen LogP contribution in [-0.4, -0.2) is 33.7 Å². The van der Waals surface area contributed by atoms with Crippen molar-refractivity contribution in [2.45, 2.75) is 53.5 Å². The van der Waals surface area contributed by atoms with E-state index in [0.717, 1.165) is 37.2 Å². The Labute approximate surface area is 144 Å². The summed E-state index contributed by atoms with van der Waals surface area (Å²) in [5, 5.41) is 4.74. The molecule has 1 amide bonds. The van der Waals surface area contributed by atoms with E-state index in [0.29, 0.717) is 12.2 Å². The molecule has 1 saturated heterocycles. The Morgan fingerprint density at radius 3 is 2.25 bits per heavy atom. The van der Waals surface area contributed by atoms with Crippen molar-refractivity contribution in [1.29, 1.82) is 0 Å². The van der Waals surface area contributed by atoms with Crippen LogP contribution in [0.4, 0.5) is 0 Å². The van der Waals surface area contributed by atoms with Gasteiger partial charge in [0.25, 0.3) is 5.91 Å². The third kappa shape index (κ3) is 3.10. The van der Waals surface area contributed by atoms with Gasteiger partial charge in [-0.05, 0) is 64.2 Å². The molecule has 0 bridgehead atoms. The molecule has 0 unspecified atom stereocenters. The van der Waals surface area contributed by atoms with E-state index in [9.17, 15) is 4.79 Å². The number of aromatic nitrogens is 2. The first-order valence-electron chi connectivity index (χ1n) is 8.96. The molecule has 4 heteroatoms. The highest BCUT2D eigenvalue weighted by atomic mass is 16.2. The summed E-state index contributed by atoms with van der Waals surface area (Å²) in [6, 6.07) is 6.34. The minimum Gasteiger partial charge on any atom is -0.337 e. The third-order valence-corrected chi connectivity index (χ3v) is 4.88. The fraction of sp³-hybridized carbons (Fsp3) is 0.500. The van der Waals surface area contributed by atoms with Crippen LogP contribution in [0.2, 0.25) is 0 Å². The van der Waals surface area contributed by atoms with Crippen LogP contribution >= 0.6 is 0 Å². The average molecular weight is 325 g/mol. The molecular formula is C20H27N3O. The van der Waals surface area contributed by atoms with E-state index in [-0.39, 0.29) is 5.91 Å². The van der Waals surface area contributed by atoms with E-state index in [4.69, 9.17) is 5.10 Å². The Hall–Kier alpha value is -2.10. The van der Waals surface area contributed by atoms with Crippen LogP contribution in [0.5, 0.6) is 0 Å². The lowest BCUT2D eigenvalue weighted by molar-refractivity contribution is 0.0712. The second kappa shape index (κ2) is 6.80. The van der Waals surface area contributed by atoms with Gasteiger partial charge in [-0.3, -0.25) is 9.48 Å². The number of nitrogens with zero attached hydrogens (tertiary/aromatic N) is 3. The van der Waals surface area contributed by atoms with Gasteiger partial charge in [-0.2, -0.15) is 5.10 Å². The Balaban J connectivity index is 2.00. The van der Waals surface area contributed by atoms with Crippen molar-refractivity contribution >= 4 is 5.91 Å². The van der Waals surface area contributed by atoms with Crippen LogP contribution in [-0.2, 0) is 6.54 Å².